The highest BCUT2D eigenvalue weighted by molar-refractivity contribution is 7.11. The van der Waals surface area contributed by atoms with Crippen LogP contribution in [0, 0.1) is 6.92 Å². The first kappa shape index (κ1) is 15.5. The van der Waals surface area contributed by atoms with Gasteiger partial charge in [-0.2, -0.15) is 0 Å². The van der Waals surface area contributed by atoms with E-state index in [1.165, 1.54) is 4.88 Å². The number of aryl methyl sites for hydroxylation is 1. The molecule has 6 heteroatoms. The van der Waals surface area contributed by atoms with Gasteiger partial charge in [0, 0.05) is 9.75 Å². The van der Waals surface area contributed by atoms with Crippen LogP contribution in [0.15, 0.2) is 12.1 Å². The average molecular weight is 284 g/mol. The molecule has 3 N–H and O–H groups in total. The zero-order chi connectivity index (χ0) is 14.3. The number of urea groups is 1. The SMILES string of the molecule is CCCCC(NC(=O)NCc1ccc(C)s1)C(=O)O. The maximum Gasteiger partial charge on any atom is 0.326 e. The van der Waals surface area contributed by atoms with E-state index in [-0.39, 0.29) is 0 Å². The van der Waals surface area contributed by atoms with Crippen LogP contribution in [0.1, 0.15) is 35.9 Å². The fourth-order valence-electron chi connectivity index (χ4n) is 1.62. The summed E-state index contributed by atoms with van der Waals surface area (Å²) in [6.07, 6.45) is 2.14. The van der Waals surface area contributed by atoms with Crippen LogP contribution in [0.25, 0.3) is 0 Å². The summed E-state index contributed by atoms with van der Waals surface area (Å²) in [4.78, 5) is 24.8. The number of nitrogens with one attached hydrogen (secondary N) is 2. The van der Waals surface area contributed by atoms with E-state index in [9.17, 15) is 9.59 Å². The van der Waals surface area contributed by atoms with Gasteiger partial charge in [0.05, 0.1) is 6.54 Å². The number of aliphatic carboxylic acids is 1. The van der Waals surface area contributed by atoms with Gasteiger partial charge < -0.3 is 15.7 Å². The van der Waals surface area contributed by atoms with Crippen molar-refractivity contribution in [3.63, 3.8) is 0 Å². The molecule has 0 aliphatic carbocycles. The number of hydrogen-bond donors (Lipinski definition) is 3. The third-order valence-corrected chi connectivity index (χ3v) is 3.67. The Kier molecular flexibility index (Phi) is 6.35. The maximum absolute atomic E-state index is 11.6. The van der Waals surface area contributed by atoms with Crippen LogP contribution in [0.5, 0.6) is 0 Å². The smallest absolute Gasteiger partial charge is 0.326 e. The highest BCUT2D eigenvalue weighted by Gasteiger charge is 2.18. The molecule has 19 heavy (non-hydrogen) atoms. The molecule has 1 atom stereocenters. The highest BCUT2D eigenvalue weighted by atomic mass is 32.1. The van der Waals surface area contributed by atoms with Crippen LogP contribution in [0.2, 0.25) is 0 Å². The van der Waals surface area contributed by atoms with Crippen LogP contribution in [-0.4, -0.2) is 23.1 Å². The molecule has 2 amide bonds. The van der Waals surface area contributed by atoms with Gasteiger partial charge in [-0.1, -0.05) is 19.8 Å². The van der Waals surface area contributed by atoms with Gasteiger partial charge >= 0.3 is 12.0 Å². The van der Waals surface area contributed by atoms with Gasteiger partial charge in [-0.05, 0) is 25.5 Å². The summed E-state index contributed by atoms with van der Waals surface area (Å²) < 4.78 is 0. The molecule has 0 aliphatic rings. The van der Waals surface area contributed by atoms with Crippen LogP contribution >= 0.6 is 11.3 Å². The van der Waals surface area contributed by atoms with Crippen molar-refractivity contribution < 1.29 is 14.7 Å². The third kappa shape index (κ3) is 5.74. The quantitative estimate of drug-likeness (QED) is 0.720. The van der Waals surface area contributed by atoms with Crippen molar-refractivity contribution in [2.45, 2.75) is 45.7 Å². The highest BCUT2D eigenvalue weighted by Crippen LogP contribution is 2.14. The van der Waals surface area contributed by atoms with Gasteiger partial charge in [-0.25, -0.2) is 9.59 Å². The molecule has 1 heterocycles. The zero-order valence-corrected chi connectivity index (χ0v) is 12.0. The van der Waals surface area contributed by atoms with E-state index >= 15 is 0 Å². The lowest BCUT2D eigenvalue weighted by atomic mass is 10.1. The van der Waals surface area contributed by atoms with Crippen LogP contribution in [-0.2, 0) is 11.3 Å². The Morgan fingerprint density at radius 1 is 1.42 bits per heavy atom. The van der Waals surface area contributed by atoms with Crippen molar-refractivity contribution in [1.29, 1.82) is 0 Å². The molecular formula is C13H20N2O3S. The van der Waals surface area contributed by atoms with E-state index in [0.29, 0.717) is 13.0 Å². The van der Waals surface area contributed by atoms with Crippen molar-refractivity contribution >= 4 is 23.3 Å². The van der Waals surface area contributed by atoms with Crippen molar-refractivity contribution in [3.8, 4) is 0 Å². The van der Waals surface area contributed by atoms with E-state index < -0.39 is 18.0 Å². The molecule has 1 aromatic heterocycles. The van der Waals surface area contributed by atoms with E-state index in [1.807, 2.05) is 26.0 Å². The van der Waals surface area contributed by atoms with Crippen molar-refractivity contribution in [2.24, 2.45) is 0 Å². The average Bonchev–Trinajstić information content (AvgIpc) is 2.77. The molecule has 1 aromatic rings. The van der Waals surface area contributed by atoms with Gasteiger partial charge in [0.25, 0.3) is 0 Å². The molecule has 5 nitrogen and oxygen atoms in total. The van der Waals surface area contributed by atoms with Gasteiger partial charge in [0.1, 0.15) is 6.04 Å². The molecule has 0 aliphatic heterocycles. The molecule has 0 radical (unpaired) electrons. The summed E-state index contributed by atoms with van der Waals surface area (Å²) in [5, 5.41) is 14.2. The maximum atomic E-state index is 11.6. The number of unbranched alkanes of at least 4 members (excludes halogenated alkanes) is 1. The summed E-state index contributed by atoms with van der Waals surface area (Å²) in [5.41, 5.74) is 0. The Morgan fingerprint density at radius 3 is 2.68 bits per heavy atom. The lowest BCUT2D eigenvalue weighted by Gasteiger charge is -2.14. The lowest BCUT2D eigenvalue weighted by Crippen LogP contribution is -2.45. The third-order valence-electron chi connectivity index (χ3n) is 2.67. The Labute approximate surface area is 117 Å². The zero-order valence-electron chi connectivity index (χ0n) is 11.2. The van der Waals surface area contributed by atoms with Gasteiger partial charge in [0.15, 0.2) is 0 Å². The predicted molar refractivity (Wildman–Crippen MR) is 75.4 cm³/mol. The van der Waals surface area contributed by atoms with Crippen molar-refractivity contribution in [3.05, 3.63) is 21.9 Å². The summed E-state index contributed by atoms with van der Waals surface area (Å²) >= 11 is 1.61. The summed E-state index contributed by atoms with van der Waals surface area (Å²) in [7, 11) is 0. The molecule has 0 bridgehead atoms. The second-order valence-electron chi connectivity index (χ2n) is 4.37. The number of amides is 2. The van der Waals surface area contributed by atoms with Gasteiger partial charge in [0.2, 0.25) is 0 Å². The summed E-state index contributed by atoms with van der Waals surface area (Å²) in [6, 6.07) is 2.69. The number of rotatable bonds is 7. The Bertz CT molecular complexity index is 431. The normalized spacial score (nSPS) is 11.9. The lowest BCUT2D eigenvalue weighted by molar-refractivity contribution is -0.139. The minimum absolute atomic E-state index is 0.421. The van der Waals surface area contributed by atoms with E-state index in [4.69, 9.17) is 5.11 Å². The number of hydrogen-bond acceptors (Lipinski definition) is 3. The molecule has 0 spiro atoms. The Hall–Kier alpha value is -1.56. The first-order valence-corrected chi connectivity index (χ1v) is 7.17. The van der Waals surface area contributed by atoms with E-state index in [1.54, 1.807) is 11.3 Å². The number of carbonyl (C=O) groups is 2. The minimum atomic E-state index is -0.990. The van der Waals surface area contributed by atoms with Crippen LogP contribution < -0.4 is 10.6 Å². The monoisotopic (exact) mass is 284 g/mol. The van der Waals surface area contributed by atoms with Crippen molar-refractivity contribution in [2.75, 3.05) is 0 Å². The number of carbonyl (C=O) groups excluding carboxylic acids is 1. The number of carboxylic acid groups (broad SMARTS) is 1. The minimum Gasteiger partial charge on any atom is -0.480 e. The largest absolute Gasteiger partial charge is 0.480 e. The molecule has 0 aromatic carbocycles. The number of thiophene rings is 1. The molecule has 0 fully saturated rings. The van der Waals surface area contributed by atoms with Gasteiger partial charge in [-0.15, -0.1) is 11.3 Å². The fourth-order valence-corrected chi connectivity index (χ4v) is 2.45. The molecular weight excluding hydrogens is 264 g/mol. The topological polar surface area (TPSA) is 78.4 Å². The van der Waals surface area contributed by atoms with E-state index in [2.05, 4.69) is 10.6 Å². The summed E-state index contributed by atoms with van der Waals surface area (Å²) in [6.45, 7) is 4.40. The predicted octanol–water partition coefficient (Wildman–Crippen LogP) is 2.50. The van der Waals surface area contributed by atoms with Crippen LogP contribution in [0.3, 0.4) is 0 Å². The first-order chi connectivity index (χ1) is 9.02. The molecule has 0 saturated heterocycles. The van der Waals surface area contributed by atoms with E-state index in [0.717, 1.165) is 17.7 Å². The molecule has 1 unspecified atom stereocenters. The second-order valence-corrected chi connectivity index (χ2v) is 5.74. The van der Waals surface area contributed by atoms with Gasteiger partial charge in [-0.3, -0.25) is 0 Å². The fraction of sp³-hybridized carbons (Fsp3) is 0.538. The second kappa shape index (κ2) is 7.78. The Balaban J connectivity index is 2.37. The van der Waals surface area contributed by atoms with Crippen molar-refractivity contribution in [1.82, 2.24) is 10.6 Å². The standard InChI is InChI=1S/C13H20N2O3S/c1-3-4-5-11(12(16)17)15-13(18)14-8-10-7-6-9(2)19-10/h6-7,11H,3-5,8H2,1-2H3,(H,16,17)(H2,14,15,18). The molecule has 1 rings (SSSR count). The summed E-state index contributed by atoms with van der Waals surface area (Å²) in [5.74, 6) is -0.990. The molecule has 106 valence electrons. The molecule has 0 saturated carbocycles. The Morgan fingerprint density at radius 2 is 2.16 bits per heavy atom. The number of carboxylic acids is 1. The van der Waals surface area contributed by atoms with Crippen LogP contribution in [0.4, 0.5) is 4.79 Å². The first-order valence-electron chi connectivity index (χ1n) is 6.35.